The number of carbonyl (C=O) groups excluding carboxylic acids is 1. The normalized spacial score (nSPS) is 11.2. The lowest BCUT2D eigenvalue weighted by molar-refractivity contribution is -0.140. The second-order valence-corrected chi connectivity index (χ2v) is 5.20. The van der Waals surface area contributed by atoms with Crippen LogP contribution in [0.15, 0.2) is 24.5 Å². The summed E-state index contributed by atoms with van der Waals surface area (Å²) in [4.78, 5) is 17.7. The van der Waals surface area contributed by atoms with Gasteiger partial charge in [-0.2, -0.15) is 0 Å². The summed E-state index contributed by atoms with van der Waals surface area (Å²) in [5.41, 5.74) is 1.86. The number of pyridine rings is 1. The van der Waals surface area contributed by atoms with Crippen molar-refractivity contribution in [2.24, 2.45) is 0 Å². The van der Waals surface area contributed by atoms with Crippen LogP contribution in [0.5, 0.6) is 0 Å². The molecule has 0 aliphatic carbocycles. The van der Waals surface area contributed by atoms with Crippen molar-refractivity contribution in [2.75, 3.05) is 20.7 Å². The maximum absolute atomic E-state index is 11.0. The number of hydrogen-bond acceptors (Lipinski definition) is 4. The molecule has 0 N–H and O–H groups in total. The van der Waals surface area contributed by atoms with Crippen LogP contribution in [-0.2, 0) is 16.1 Å². The van der Waals surface area contributed by atoms with Gasteiger partial charge in [0.05, 0.1) is 17.8 Å². The third kappa shape index (κ3) is 3.95. The zero-order valence-corrected chi connectivity index (χ0v) is 12.4. The van der Waals surface area contributed by atoms with Gasteiger partial charge >= 0.3 is 5.97 Å². The summed E-state index contributed by atoms with van der Waals surface area (Å²) in [7, 11) is 3.42. The highest BCUT2D eigenvalue weighted by molar-refractivity contribution is 6.30. The van der Waals surface area contributed by atoms with Crippen molar-refractivity contribution >= 4 is 23.2 Å². The van der Waals surface area contributed by atoms with E-state index in [1.54, 1.807) is 0 Å². The van der Waals surface area contributed by atoms with E-state index >= 15 is 0 Å². The lowest BCUT2D eigenvalue weighted by Crippen LogP contribution is -2.20. The largest absolute Gasteiger partial charge is 0.469 e. The van der Waals surface area contributed by atoms with Crippen molar-refractivity contribution in [1.82, 2.24) is 14.3 Å². The van der Waals surface area contributed by atoms with E-state index in [0.29, 0.717) is 11.4 Å². The van der Waals surface area contributed by atoms with E-state index in [-0.39, 0.29) is 5.97 Å². The Kier molecular flexibility index (Phi) is 4.98. The summed E-state index contributed by atoms with van der Waals surface area (Å²) >= 11 is 5.94. The molecule has 0 fully saturated rings. The number of halogens is 1. The first kappa shape index (κ1) is 14.8. The number of nitrogens with zero attached hydrogens (tertiary/aromatic N) is 3. The molecule has 0 spiro atoms. The third-order valence-corrected chi connectivity index (χ3v) is 3.27. The SMILES string of the molecule is COC(=O)CCCN(C)Cc1cn2cc(Cl)ccc2n1. The number of methoxy groups -OCH3 is 1. The highest BCUT2D eigenvalue weighted by Gasteiger charge is 2.07. The van der Waals surface area contributed by atoms with Crippen LogP contribution in [-0.4, -0.2) is 41.0 Å². The Morgan fingerprint density at radius 3 is 3.00 bits per heavy atom. The number of fused-ring (bicyclic) bond motifs is 1. The lowest BCUT2D eigenvalue weighted by Gasteiger charge is -2.14. The molecule has 0 saturated carbocycles. The second-order valence-electron chi connectivity index (χ2n) is 4.76. The minimum absolute atomic E-state index is 0.166. The molecule has 108 valence electrons. The topological polar surface area (TPSA) is 46.8 Å². The Bertz CT molecular complexity index is 597. The predicted octanol–water partition coefficient (Wildman–Crippen LogP) is 2.37. The number of esters is 1. The van der Waals surface area contributed by atoms with Gasteiger partial charge in [0.2, 0.25) is 0 Å². The Hall–Kier alpha value is -1.59. The summed E-state index contributed by atoms with van der Waals surface area (Å²) in [6.07, 6.45) is 5.03. The predicted molar refractivity (Wildman–Crippen MR) is 77.8 cm³/mol. The Morgan fingerprint density at radius 1 is 1.45 bits per heavy atom. The Labute approximate surface area is 123 Å². The Balaban J connectivity index is 1.89. The van der Waals surface area contributed by atoms with Crippen LogP contribution in [0.4, 0.5) is 0 Å². The molecule has 2 heterocycles. The Morgan fingerprint density at radius 2 is 2.25 bits per heavy atom. The average molecular weight is 296 g/mol. The van der Waals surface area contributed by atoms with Gasteiger partial charge in [-0.1, -0.05) is 11.6 Å². The molecule has 2 rings (SSSR count). The van der Waals surface area contributed by atoms with Crippen LogP contribution in [0.25, 0.3) is 5.65 Å². The lowest BCUT2D eigenvalue weighted by atomic mass is 10.3. The zero-order valence-electron chi connectivity index (χ0n) is 11.7. The van der Waals surface area contributed by atoms with E-state index in [2.05, 4.69) is 14.6 Å². The fourth-order valence-electron chi connectivity index (χ4n) is 2.04. The molecule has 0 bridgehead atoms. The average Bonchev–Trinajstić information content (AvgIpc) is 2.79. The highest BCUT2D eigenvalue weighted by atomic mass is 35.5. The van der Waals surface area contributed by atoms with Crippen LogP contribution in [0, 0.1) is 0 Å². The van der Waals surface area contributed by atoms with Crippen LogP contribution < -0.4 is 0 Å². The standard InChI is InChI=1S/C14H18ClN3O2/c1-17(7-3-4-14(19)20-2)9-12-10-18-8-11(15)5-6-13(18)16-12/h5-6,8,10H,3-4,7,9H2,1-2H3. The molecule has 0 aliphatic heterocycles. The van der Waals surface area contributed by atoms with E-state index in [0.717, 1.165) is 30.9 Å². The van der Waals surface area contributed by atoms with E-state index in [4.69, 9.17) is 11.6 Å². The first-order chi connectivity index (χ1) is 9.58. The minimum Gasteiger partial charge on any atom is -0.469 e. The molecule has 6 heteroatoms. The fourth-order valence-corrected chi connectivity index (χ4v) is 2.21. The molecule has 0 saturated heterocycles. The van der Waals surface area contributed by atoms with E-state index in [1.165, 1.54) is 7.11 Å². The highest BCUT2D eigenvalue weighted by Crippen LogP contribution is 2.12. The van der Waals surface area contributed by atoms with Gasteiger partial charge in [-0.25, -0.2) is 4.98 Å². The monoisotopic (exact) mass is 295 g/mol. The van der Waals surface area contributed by atoms with Crippen LogP contribution in [0.2, 0.25) is 5.02 Å². The number of hydrogen-bond donors (Lipinski definition) is 0. The van der Waals surface area contributed by atoms with E-state index < -0.39 is 0 Å². The molecule has 0 atom stereocenters. The zero-order chi connectivity index (χ0) is 14.5. The van der Waals surface area contributed by atoms with E-state index in [9.17, 15) is 4.79 Å². The van der Waals surface area contributed by atoms with Crippen LogP contribution in [0.1, 0.15) is 18.5 Å². The van der Waals surface area contributed by atoms with Crippen LogP contribution in [0.3, 0.4) is 0 Å². The summed E-state index contributed by atoms with van der Waals surface area (Å²) < 4.78 is 6.53. The molecule has 0 radical (unpaired) electrons. The molecular weight excluding hydrogens is 278 g/mol. The van der Waals surface area contributed by atoms with Gasteiger partial charge in [-0.05, 0) is 32.1 Å². The molecule has 0 aliphatic rings. The van der Waals surface area contributed by atoms with Crippen molar-refractivity contribution in [1.29, 1.82) is 0 Å². The molecular formula is C14H18ClN3O2. The maximum atomic E-state index is 11.0. The van der Waals surface area contributed by atoms with Crippen molar-refractivity contribution in [3.8, 4) is 0 Å². The van der Waals surface area contributed by atoms with Crippen molar-refractivity contribution in [2.45, 2.75) is 19.4 Å². The molecule has 0 amide bonds. The van der Waals surface area contributed by atoms with Gasteiger partial charge in [0, 0.05) is 25.4 Å². The molecule has 2 aromatic heterocycles. The maximum Gasteiger partial charge on any atom is 0.305 e. The van der Waals surface area contributed by atoms with Gasteiger partial charge in [0.25, 0.3) is 0 Å². The van der Waals surface area contributed by atoms with Gasteiger partial charge in [0.1, 0.15) is 5.65 Å². The van der Waals surface area contributed by atoms with Crippen molar-refractivity contribution in [3.05, 3.63) is 35.2 Å². The van der Waals surface area contributed by atoms with E-state index in [1.807, 2.05) is 36.0 Å². The van der Waals surface area contributed by atoms with Crippen LogP contribution >= 0.6 is 11.6 Å². The van der Waals surface area contributed by atoms with Gasteiger partial charge in [-0.3, -0.25) is 4.79 Å². The number of rotatable bonds is 6. The molecule has 0 aromatic carbocycles. The number of ether oxygens (including phenoxy) is 1. The number of aromatic nitrogens is 2. The summed E-state index contributed by atoms with van der Waals surface area (Å²) in [5, 5.41) is 0.688. The first-order valence-electron chi connectivity index (χ1n) is 6.47. The summed E-state index contributed by atoms with van der Waals surface area (Å²) in [6, 6.07) is 3.72. The number of carbonyl (C=O) groups is 1. The quantitative estimate of drug-likeness (QED) is 0.768. The minimum atomic E-state index is -0.166. The molecule has 2 aromatic rings. The van der Waals surface area contributed by atoms with Gasteiger partial charge < -0.3 is 14.0 Å². The van der Waals surface area contributed by atoms with Crippen molar-refractivity contribution < 1.29 is 9.53 Å². The number of imidazole rings is 1. The van der Waals surface area contributed by atoms with Crippen molar-refractivity contribution in [3.63, 3.8) is 0 Å². The fraction of sp³-hybridized carbons (Fsp3) is 0.429. The summed E-state index contributed by atoms with van der Waals surface area (Å²) in [6.45, 7) is 1.56. The first-order valence-corrected chi connectivity index (χ1v) is 6.85. The second kappa shape index (κ2) is 6.72. The third-order valence-electron chi connectivity index (χ3n) is 3.05. The molecule has 5 nitrogen and oxygen atoms in total. The van der Waals surface area contributed by atoms with Gasteiger partial charge in [0.15, 0.2) is 0 Å². The van der Waals surface area contributed by atoms with Gasteiger partial charge in [-0.15, -0.1) is 0 Å². The molecule has 0 unspecified atom stereocenters. The smallest absolute Gasteiger partial charge is 0.305 e. The molecule has 20 heavy (non-hydrogen) atoms. The summed E-state index contributed by atoms with van der Waals surface area (Å²) in [5.74, 6) is -0.166.